The Morgan fingerprint density at radius 3 is 1.84 bits per heavy atom. The van der Waals surface area contributed by atoms with Gasteiger partial charge in [-0.05, 0) is 91.4 Å². The third-order valence-corrected chi connectivity index (χ3v) is 11.3. The van der Waals surface area contributed by atoms with E-state index in [1.54, 1.807) is 0 Å². The lowest BCUT2D eigenvalue weighted by Gasteiger charge is -2.37. The summed E-state index contributed by atoms with van der Waals surface area (Å²) in [5.74, 6) is 0. The molecule has 0 radical (unpaired) electrons. The van der Waals surface area contributed by atoms with Crippen LogP contribution in [0, 0.1) is 0 Å². The number of hydrogen-bond acceptors (Lipinski definition) is 1. The van der Waals surface area contributed by atoms with Crippen molar-refractivity contribution in [2.24, 2.45) is 0 Å². The van der Waals surface area contributed by atoms with Crippen LogP contribution in [0.1, 0.15) is 0 Å². The highest BCUT2D eigenvalue weighted by molar-refractivity contribution is 7.01. The van der Waals surface area contributed by atoms with Gasteiger partial charge in [-0.2, -0.15) is 0 Å². The van der Waals surface area contributed by atoms with E-state index in [-0.39, 0.29) is 6.71 Å². The molecule has 1 aromatic heterocycles. The van der Waals surface area contributed by atoms with Gasteiger partial charge in [0.05, 0.1) is 16.7 Å². The summed E-state index contributed by atoms with van der Waals surface area (Å²) in [7, 11) is 0. The summed E-state index contributed by atoms with van der Waals surface area (Å²) in [5, 5.41) is 10.4. The third-order valence-electron chi connectivity index (χ3n) is 11.3. The van der Waals surface area contributed by atoms with Crippen LogP contribution < -0.4 is 21.3 Å². The van der Waals surface area contributed by atoms with Gasteiger partial charge >= 0.3 is 0 Å². The zero-order chi connectivity index (χ0) is 31.8. The molecule has 3 heteroatoms. The molecule has 0 atom stereocenters. The third kappa shape index (κ3) is 3.22. The number of hydrogen-bond donors (Lipinski definition) is 0. The predicted molar refractivity (Wildman–Crippen MR) is 209 cm³/mol. The number of benzene rings is 9. The lowest BCUT2D eigenvalue weighted by Crippen LogP contribution is -2.54. The molecule has 0 fully saturated rings. The van der Waals surface area contributed by atoms with E-state index < -0.39 is 0 Å². The van der Waals surface area contributed by atoms with Gasteiger partial charge in [-0.1, -0.05) is 127 Å². The van der Waals surface area contributed by atoms with Crippen LogP contribution in [0.2, 0.25) is 0 Å². The number of nitrogens with zero attached hydrogens (tertiary/aromatic N) is 2. The average Bonchev–Trinajstić information content (AvgIpc) is 3.68. The molecule has 0 saturated carbocycles. The summed E-state index contributed by atoms with van der Waals surface area (Å²) in [4.78, 5) is 2.55. The van der Waals surface area contributed by atoms with Gasteiger partial charge < -0.3 is 9.47 Å². The van der Waals surface area contributed by atoms with Gasteiger partial charge in [0, 0.05) is 33.2 Å². The first-order valence-corrected chi connectivity index (χ1v) is 17.1. The summed E-state index contributed by atoms with van der Waals surface area (Å²) in [6.07, 6.45) is 0. The van der Waals surface area contributed by atoms with Crippen LogP contribution in [0.15, 0.2) is 164 Å². The Morgan fingerprint density at radius 1 is 0.388 bits per heavy atom. The molecule has 49 heavy (non-hydrogen) atoms. The van der Waals surface area contributed by atoms with Gasteiger partial charge in [0.25, 0.3) is 0 Å². The molecule has 0 N–H and O–H groups in total. The molecular formula is C46H27BN2. The van der Waals surface area contributed by atoms with E-state index in [1.807, 2.05) is 0 Å². The van der Waals surface area contributed by atoms with E-state index in [1.165, 1.54) is 104 Å². The summed E-state index contributed by atoms with van der Waals surface area (Å²) in [6, 6.07) is 61.2. The highest BCUT2D eigenvalue weighted by atomic mass is 15.2. The van der Waals surface area contributed by atoms with E-state index in [4.69, 9.17) is 0 Å². The second kappa shape index (κ2) is 9.18. The average molecular weight is 619 g/mol. The molecule has 0 unspecified atom stereocenters. The second-order valence-electron chi connectivity index (χ2n) is 13.6. The number of aromatic nitrogens is 1. The van der Waals surface area contributed by atoms with Gasteiger partial charge in [-0.25, -0.2) is 0 Å². The Morgan fingerprint density at radius 2 is 1.02 bits per heavy atom. The fraction of sp³-hybridized carbons (Fsp3) is 0. The van der Waals surface area contributed by atoms with Gasteiger partial charge in [0.1, 0.15) is 0 Å². The largest absolute Gasteiger partial charge is 0.311 e. The predicted octanol–water partition coefficient (Wildman–Crippen LogP) is 9.96. The van der Waals surface area contributed by atoms with Crippen molar-refractivity contribution >= 4 is 94.3 Å². The van der Waals surface area contributed by atoms with E-state index >= 15 is 0 Å². The topological polar surface area (TPSA) is 8.17 Å². The van der Waals surface area contributed by atoms with Crippen LogP contribution in [0.25, 0.3) is 70.9 Å². The van der Waals surface area contributed by atoms with Crippen LogP contribution in [0.4, 0.5) is 17.1 Å². The number of para-hydroxylation sites is 2. The van der Waals surface area contributed by atoms with Gasteiger partial charge in [0.2, 0.25) is 6.71 Å². The minimum Gasteiger partial charge on any atom is -0.311 e. The monoisotopic (exact) mass is 618 g/mol. The summed E-state index contributed by atoms with van der Waals surface area (Å²) in [5.41, 5.74) is 14.2. The maximum absolute atomic E-state index is 2.55. The van der Waals surface area contributed by atoms with Crippen LogP contribution in [0.3, 0.4) is 0 Å². The van der Waals surface area contributed by atoms with Crippen molar-refractivity contribution in [3.63, 3.8) is 0 Å². The summed E-state index contributed by atoms with van der Waals surface area (Å²) >= 11 is 0. The molecule has 2 aliphatic rings. The molecule has 9 aromatic carbocycles. The molecule has 224 valence electrons. The molecule has 0 aliphatic carbocycles. The number of fused-ring (bicyclic) bond motifs is 8. The van der Waals surface area contributed by atoms with Crippen molar-refractivity contribution in [3.8, 4) is 16.8 Å². The minimum atomic E-state index is 0.154. The van der Waals surface area contributed by atoms with E-state index in [0.717, 1.165) is 0 Å². The van der Waals surface area contributed by atoms with Crippen molar-refractivity contribution in [2.45, 2.75) is 0 Å². The Kier molecular flexibility index (Phi) is 4.82. The first kappa shape index (κ1) is 25.7. The fourth-order valence-corrected chi connectivity index (χ4v) is 9.38. The van der Waals surface area contributed by atoms with Crippen LogP contribution in [-0.4, -0.2) is 11.3 Å². The van der Waals surface area contributed by atoms with Gasteiger partial charge in [-0.3, -0.25) is 0 Å². The van der Waals surface area contributed by atoms with E-state index in [9.17, 15) is 0 Å². The molecule has 2 aliphatic heterocycles. The standard InChI is InChI=1S/C46H27BN2/c1-4-15-37-32(11-1)35-14-8-18-43-46(35)47(37)38-27-31(48-39-16-5-2-12-33(39)34-13-3-6-17-40(34)48)23-26-42(38)49(43)41-25-22-30-20-19-28-9-7-10-29-21-24-36(41)45(30)44(28)29/h1-27H. The van der Waals surface area contributed by atoms with Crippen LogP contribution in [-0.2, 0) is 0 Å². The van der Waals surface area contributed by atoms with Crippen molar-refractivity contribution in [1.29, 1.82) is 0 Å². The first-order chi connectivity index (χ1) is 24.3. The molecular weight excluding hydrogens is 591 g/mol. The Bertz CT molecular complexity index is 2960. The van der Waals surface area contributed by atoms with E-state index in [2.05, 4.69) is 173 Å². The maximum Gasteiger partial charge on any atom is 0.248 e. The molecule has 3 heterocycles. The zero-order valence-corrected chi connectivity index (χ0v) is 26.6. The van der Waals surface area contributed by atoms with Crippen molar-refractivity contribution in [2.75, 3.05) is 4.90 Å². The smallest absolute Gasteiger partial charge is 0.248 e. The van der Waals surface area contributed by atoms with Crippen molar-refractivity contribution < 1.29 is 0 Å². The van der Waals surface area contributed by atoms with Gasteiger partial charge in [-0.15, -0.1) is 0 Å². The number of anilines is 3. The zero-order valence-electron chi connectivity index (χ0n) is 26.6. The molecule has 0 spiro atoms. The lowest BCUT2D eigenvalue weighted by atomic mass is 9.37. The van der Waals surface area contributed by atoms with Crippen LogP contribution >= 0.6 is 0 Å². The SMILES string of the molecule is c1ccc2c(c1)B1c3cc(-n4c5ccccc5c5ccccc54)ccc3N(c3ccc4ccc5cccc6ccc3c4c56)c3cccc-2c31. The summed E-state index contributed by atoms with van der Waals surface area (Å²) in [6.45, 7) is 0.154. The Hall–Kier alpha value is -6.32. The highest BCUT2D eigenvalue weighted by Crippen LogP contribution is 2.46. The van der Waals surface area contributed by atoms with Gasteiger partial charge in [0.15, 0.2) is 0 Å². The maximum atomic E-state index is 2.55. The van der Waals surface area contributed by atoms with Crippen LogP contribution in [0.5, 0.6) is 0 Å². The highest BCUT2D eigenvalue weighted by Gasteiger charge is 2.42. The first-order valence-electron chi connectivity index (χ1n) is 17.1. The van der Waals surface area contributed by atoms with E-state index in [0.29, 0.717) is 0 Å². The molecule has 0 saturated heterocycles. The molecule has 0 bridgehead atoms. The molecule has 10 aromatic rings. The van der Waals surface area contributed by atoms with Crippen molar-refractivity contribution in [3.05, 3.63) is 164 Å². The fourth-order valence-electron chi connectivity index (χ4n) is 9.38. The molecule has 2 nitrogen and oxygen atoms in total. The lowest BCUT2D eigenvalue weighted by molar-refractivity contribution is 1.18. The Labute approximate surface area is 283 Å². The molecule has 0 amide bonds. The quantitative estimate of drug-likeness (QED) is 0.138. The summed E-state index contributed by atoms with van der Waals surface area (Å²) < 4.78 is 2.45. The normalized spacial score (nSPS) is 13.2. The second-order valence-corrected chi connectivity index (χ2v) is 13.6. The van der Waals surface area contributed by atoms with Crippen molar-refractivity contribution in [1.82, 2.24) is 4.57 Å². The Balaban J connectivity index is 1.19. The minimum absolute atomic E-state index is 0.154. The number of rotatable bonds is 2. The molecule has 12 rings (SSSR count).